The van der Waals surface area contributed by atoms with E-state index in [9.17, 15) is 14.9 Å². The Morgan fingerprint density at radius 3 is 2.67 bits per heavy atom. The van der Waals surface area contributed by atoms with Crippen LogP contribution in [-0.4, -0.2) is 10.7 Å². The third-order valence-electron chi connectivity index (χ3n) is 1.94. The van der Waals surface area contributed by atoms with Gasteiger partial charge in [0, 0.05) is 18.1 Å². The second-order valence-electron chi connectivity index (χ2n) is 3.23. The number of nitrogens with zero attached hydrogens (tertiary/aromatic N) is 1. The van der Waals surface area contributed by atoms with Crippen molar-refractivity contribution in [2.45, 2.75) is 19.2 Å². The van der Waals surface area contributed by atoms with E-state index in [-0.39, 0.29) is 23.8 Å². The van der Waals surface area contributed by atoms with E-state index >= 15 is 0 Å². The van der Waals surface area contributed by atoms with E-state index in [4.69, 9.17) is 11.6 Å². The standard InChI is InChI=1S/C10H10ClNO3/c1-7(13)4-8-2-3-10(12(14)15)9(5-8)6-11/h2-3,5H,4,6H2,1H3. The number of carbonyl (C=O) groups is 1. The van der Waals surface area contributed by atoms with Crippen molar-refractivity contribution in [2.75, 3.05) is 0 Å². The van der Waals surface area contributed by atoms with Crippen molar-refractivity contribution < 1.29 is 9.72 Å². The van der Waals surface area contributed by atoms with Gasteiger partial charge in [-0.25, -0.2) is 0 Å². The molecule has 0 spiro atoms. The molecule has 0 fully saturated rings. The van der Waals surface area contributed by atoms with E-state index in [0.29, 0.717) is 5.56 Å². The Bertz CT molecular complexity index is 404. The number of hydrogen-bond donors (Lipinski definition) is 0. The van der Waals surface area contributed by atoms with Crippen LogP contribution in [0.4, 0.5) is 5.69 Å². The molecule has 0 saturated heterocycles. The quantitative estimate of drug-likeness (QED) is 0.451. The lowest BCUT2D eigenvalue weighted by molar-refractivity contribution is -0.385. The van der Waals surface area contributed by atoms with Crippen molar-refractivity contribution in [3.63, 3.8) is 0 Å². The van der Waals surface area contributed by atoms with E-state index in [1.165, 1.54) is 13.0 Å². The summed E-state index contributed by atoms with van der Waals surface area (Å²) in [5.74, 6) is 0.0894. The molecule has 0 unspecified atom stereocenters. The van der Waals surface area contributed by atoms with Crippen LogP contribution in [-0.2, 0) is 17.1 Å². The van der Waals surface area contributed by atoms with Gasteiger partial charge in [-0.2, -0.15) is 0 Å². The van der Waals surface area contributed by atoms with Crippen molar-refractivity contribution in [1.29, 1.82) is 0 Å². The topological polar surface area (TPSA) is 60.2 Å². The van der Waals surface area contributed by atoms with Gasteiger partial charge in [0.05, 0.1) is 10.8 Å². The molecule has 0 amide bonds. The fourth-order valence-electron chi connectivity index (χ4n) is 1.32. The first-order valence-corrected chi connectivity index (χ1v) is 4.89. The second-order valence-corrected chi connectivity index (χ2v) is 3.50. The highest BCUT2D eigenvalue weighted by molar-refractivity contribution is 6.17. The number of alkyl halides is 1. The number of carbonyl (C=O) groups excluding carboxylic acids is 1. The van der Waals surface area contributed by atoms with Crippen molar-refractivity contribution in [1.82, 2.24) is 0 Å². The Hall–Kier alpha value is -1.42. The van der Waals surface area contributed by atoms with Crippen molar-refractivity contribution in [3.8, 4) is 0 Å². The maximum Gasteiger partial charge on any atom is 0.273 e. The zero-order valence-electron chi connectivity index (χ0n) is 8.20. The summed E-state index contributed by atoms with van der Waals surface area (Å²) in [6.45, 7) is 1.47. The lowest BCUT2D eigenvalue weighted by Gasteiger charge is -2.02. The summed E-state index contributed by atoms with van der Waals surface area (Å²) in [7, 11) is 0. The molecule has 0 radical (unpaired) electrons. The lowest BCUT2D eigenvalue weighted by Crippen LogP contribution is -1.99. The van der Waals surface area contributed by atoms with Crippen LogP contribution in [0.15, 0.2) is 18.2 Å². The smallest absolute Gasteiger partial charge is 0.273 e. The van der Waals surface area contributed by atoms with Crippen LogP contribution in [0, 0.1) is 10.1 Å². The van der Waals surface area contributed by atoms with E-state index in [0.717, 1.165) is 5.56 Å². The third kappa shape index (κ3) is 3.02. The highest BCUT2D eigenvalue weighted by atomic mass is 35.5. The van der Waals surface area contributed by atoms with Crippen LogP contribution in [0.3, 0.4) is 0 Å². The minimum atomic E-state index is -0.477. The Morgan fingerprint density at radius 1 is 1.53 bits per heavy atom. The third-order valence-corrected chi connectivity index (χ3v) is 2.23. The van der Waals surface area contributed by atoms with Gasteiger partial charge in [-0.1, -0.05) is 6.07 Å². The first-order valence-electron chi connectivity index (χ1n) is 4.36. The van der Waals surface area contributed by atoms with Gasteiger partial charge in [0.15, 0.2) is 0 Å². The highest BCUT2D eigenvalue weighted by Gasteiger charge is 2.13. The summed E-state index contributed by atoms with van der Waals surface area (Å²) >= 11 is 5.60. The minimum absolute atomic E-state index is 0.00250. The zero-order chi connectivity index (χ0) is 11.4. The Kier molecular flexibility index (Phi) is 3.80. The highest BCUT2D eigenvalue weighted by Crippen LogP contribution is 2.22. The number of rotatable bonds is 4. The molecular weight excluding hydrogens is 218 g/mol. The van der Waals surface area contributed by atoms with E-state index < -0.39 is 4.92 Å². The monoisotopic (exact) mass is 227 g/mol. The summed E-state index contributed by atoms with van der Waals surface area (Å²) in [6, 6.07) is 4.57. The molecular formula is C10H10ClNO3. The van der Waals surface area contributed by atoms with E-state index in [1.54, 1.807) is 12.1 Å². The molecule has 80 valence electrons. The molecule has 0 saturated carbocycles. The van der Waals surface area contributed by atoms with Crippen LogP contribution < -0.4 is 0 Å². The number of hydrogen-bond acceptors (Lipinski definition) is 3. The first-order chi connectivity index (χ1) is 7.04. The van der Waals surface area contributed by atoms with Gasteiger partial charge < -0.3 is 0 Å². The van der Waals surface area contributed by atoms with Gasteiger partial charge in [-0.15, -0.1) is 11.6 Å². The molecule has 1 rings (SSSR count). The molecule has 0 aliphatic rings. The number of Topliss-reactive ketones (excluding diaryl/α,β-unsaturated/α-hetero) is 1. The van der Waals surface area contributed by atoms with Crippen molar-refractivity contribution >= 4 is 23.1 Å². The molecule has 0 heterocycles. The molecule has 1 aromatic rings. The van der Waals surface area contributed by atoms with Gasteiger partial charge in [0.1, 0.15) is 5.78 Å². The average Bonchev–Trinajstić information content (AvgIpc) is 2.16. The van der Waals surface area contributed by atoms with Crippen molar-refractivity contribution in [3.05, 3.63) is 39.4 Å². The lowest BCUT2D eigenvalue weighted by atomic mass is 10.1. The summed E-state index contributed by atoms with van der Waals surface area (Å²) < 4.78 is 0. The number of nitro benzene ring substituents is 1. The van der Waals surface area contributed by atoms with E-state index in [1.807, 2.05) is 0 Å². The Labute approximate surface area is 92.0 Å². The molecule has 0 N–H and O–H groups in total. The first kappa shape index (κ1) is 11.7. The molecule has 0 atom stereocenters. The van der Waals surface area contributed by atoms with Crippen LogP contribution in [0.25, 0.3) is 0 Å². The predicted molar refractivity (Wildman–Crippen MR) is 57.0 cm³/mol. The summed E-state index contributed by atoms with van der Waals surface area (Å²) in [6.07, 6.45) is 0.280. The zero-order valence-corrected chi connectivity index (χ0v) is 8.95. The van der Waals surface area contributed by atoms with Gasteiger partial charge in [-0.3, -0.25) is 14.9 Å². The normalized spacial score (nSPS) is 10.0. The molecule has 4 nitrogen and oxygen atoms in total. The molecule has 15 heavy (non-hydrogen) atoms. The molecule has 0 aliphatic heterocycles. The predicted octanol–water partition coefficient (Wildman–Crippen LogP) is 2.47. The fraction of sp³-hybridized carbons (Fsp3) is 0.300. The second kappa shape index (κ2) is 4.89. The maximum atomic E-state index is 10.9. The molecule has 5 heteroatoms. The number of nitro groups is 1. The summed E-state index contributed by atoms with van der Waals surface area (Å²) in [5.41, 5.74) is 1.20. The van der Waals surface area contributed by atoms with Crippen molar-refractivity contribution in [2.24, 2.45) is 0 Å². The minimum Gasteiger partial charge on any atom is -0.300 e. The molecule has 0 bridgehead atoms. The molecule has 1 aromatic carbocycles. The number of benzene rings is 1. The summed E-state index contributed by atoms with van der Waals surface area (Å²) in [5, 5.41) is 10.6. The van der Waals surface area contributed by atoms with Gasteiger partial charge in [0.25, 0.3) is 5.69 Å². The van der Waals surface area contributed by atoms with Gasteiger partial charge >= 0.3 is 0 Å². The SMILES string of the molecule is CC(=O)Cc1ccc([N+](=O)[O-])c(CCl)c1. The van der Waals surface area contributed by atoms with Crippen LogP contribution in [0.2, 0.25) is 0 Å². The van der Waals surface area contributed by atoms with Crippen LogP contribution in [0.1, 0.15) is 18.1 Å². The van der Waals surface area contributed by atoms with E-state index in [2.05, 4.69) is 0 Å². The summed E-state index contributed by atoms with van der Waals surface area (Å²) in [4.78, 5) is 21.0. The fourth-order valence-corrected chi connectivity index (χ4v) is 1.54. The van der Waals surface area contributed by atoms with Crippen LogP contribution >= 0.6 is 11.6 Å². The maximum absolute atomic E-state index is 10.9. The molecule has 0 aliphatic carbocycles. The average molecular weight is 228 g/mol. The van der Waals surface area contributed by atoms with Gasteiger partial charge in [-0.05, 0) is 18.6 Å². The molecule has 0 aromatic heterocycles. The number of ketones is 1. The number of halogens is 1. The Balaban J connectivity index is 3.07. The van der Waals surface area contributed by atoms with Gasteiger partial charge in [0.2, 0.25) is 0 Å². The largest absolute Gasteiger partial charge is 0.300 e. The van der Waals surface area contributed by atoms with Crippen LogP contribution in [0.5, 0.6) is 0 Å². The Morgan fingerprint density at radius 2 is 2.20 bits per heavy atom.